The Labute approximate surface area is 76.6 Å². The predicted octanol–water partition coefficient (Wildman–Crippen LogP) is 1.77. The summed E-state index contributed by atoms with van der Waals surface area (Å²) in [5.41, 5.74) is 6.75. The first-order valence-corrected chi connectivity index (χ1v) is 4.01. The van der Waals surface area contributed by atoms with E-state index in [0.717, 1.165) is 0 Å². The van der Waals surface area contributed by atoms with Crippen LogP contribution in [0.25, 0.3) is 0 Å². The number of hydrogen-bond donors (Lipinski definition) is 2. The Morgan fingerprint density at radius 2 is 2.00 bits per heavy atom. The summed E-state index contributed by atoms with van der Waals surface area (Å²) >= 11 is 0. The molecule has 0 saturated heterocycles. The molecule has 0 heterocycles. The molecule has 70 valence electrons. The van der Waals surface area contributed by atoms with Crippen molar-refractivity contribution in [2.24, 2.45) is 0 Å². The third kappa shape index (κ3) is 2.11. The van der Waals surface area contributed by atoms with Gasteiger partial charge in [-0.2, -0.15) is 0 Å². The van der Waals surface area contributed by atoms with Crippen molar-refractivity contribution in [3.8, 4) is 0 Å². The summed E-state index contributed by atoms with van der Waals surface area (Å²) in [4.78, 5) is 12.0. The molecule has 1 amide bonds. The second kappa shape index (κ2) is 3.80. The highest BCUT2D eigenvalue weighted by molar-refractivity contribution is 5.86. The number of nitrogens with two attached hydrogens (primary N) is 1. The van der Waals surface area contributed by atoms with Gasteiger partial charge in [0.1, 0.15) is 0 Å². The third-order valence-corrected chi connectivity index (χ3v) is 1.75. The molecule has 1 aromatic rings. The summed E-state index contributed by atoms with van der Waals surface area (Å²) in [5, 5.41) is 8.79. The molecule has 13 heavy (non-hydrogen) atoms. The number of carbonyl (C=O) groups is 1. The second-order valence-corrected chi connectivity index (χ2v) is 2.62. The average Bonchev–Trinajstić information content (AvgIpc) is 2.09. The fourth-order valence-corrected chi connectivity index (χ4v) is 1.08. The van der Waals surface area contributed by atoms with E-state index in [-0.39, 0.29) is 0 Å². The molecule has 0 unspecified atom stereocenters. The molecule has 1 aromatic carbocycles. The van der Waals surface area contributed by atoms with Gasteiger partial charge in [0.05, 0.1) is 0 Å². The predicted molar refractivity (Wildman–Crippen MR) is 51.9 cm³/mol. The molecule has 4 heteroatoms. The minimum absolute atomic E-state index is 0.430. The highest BCUT2D eigenvalue weighted by Gasteiger charge is 2.10. The lowest BCUT2D eigenvalue weighted by Crippen LogP contribution is -2.28. The standard InChI is InChI=1S/C9H12N2O2/c1-2-11(9(12)13)8-5-3-7(10)4-6-8/h3-6H,2,10H2,1H3,(H,12,13). The summed E-state index contributed by atoms with van der Waals surface area (Å²) in [6.07, 6.45) is -0.952. The van der Waals surface area contributed by atoms with E-state index in [1.807, 2.05) is 0 Å². The average molecular weight is 180 g/mol. The van der Waals surface area contributed by atoms with Crippen molar-refractivity contribution in [2.75, 3.05) is 17.2 Å². The number of carboxylic acid groups (broad SMARTS) is 1. The minimum atomic E-state index is -0.952. The Morgan fingerprint density at radius 1 is 1.46 bits per heavy atom. The first-order chi connectivity index (χ1) is 6.15. The molecular weight excluding hydrogens is 168 g/mol. The monoisotopic (exact) mass is 180 g/mol. The maximum Gasteiger partial charge on any atom is 0.411 e. The van der Waals surface area contributed by atoms with Gasteiger partial charge in [-0.1, -0.05) is 0 Å². The van der Waals surface area contributed by atoms with Crippen molar-refractivity contribution >= 4 is 17.5 Å². The van der Waals surface area contributed by atoms with Crippen molar-refractivity contribution in [1.82, 2.24) is 0 Å². The molecule has 0 aliphatic heterocycles. The molecule has 0 saturated carbocycles. The van der Waals surface area contributed by atoms with Gasteiger partial charge in [-0.15, -0.1) is 0 Å². The fraction of sp³-hybridized carbons (Fsp3) is 0.222. The van der Waals surface area contributed by atoms with Crippen LogP contribution in [0, 0.1) is 0 Å². The van der Waals surface area contributed by atoms with Crippen LogP contribution in [0.1, 0.15) is 6.92 Å². The minimum Gasteiger partial charge on any atom is -0.465 e. The first kappa shape index (κ1) is 9.38. The Balaban J connectivity index is 2.92. The van der Waals surface area contributed by atoms with E-state index < -0.39 is 6.09 Å². The molecule has 0 radical (unpaired) electrons. The lowest BCUT2D eigenvalue weighted by Gasteiger charge is -2.16. The molecule has 0 aliphatic rings. The highest BCUT2D eigenvalue weighted by atomic mass is 16.4. The van der Waals surface area contributed by atoms with Gasteiger partial charge in [0.15, 0.2) is 0 Å². The van der Waals surface area contributed by atoms with Crippen LogP contribution in [-0.4, -0.2) is 17.7 Å². The molecule has 0 bridgehead atoms. The Morgan fingerprint density at radius 3 is 2.38 bits per heavy atom. The van der Waals surface area contributed by atoms with Crippen molar-refractivity contribution in [3.05, 3.63) is 24.3 Å². The van der Waals surface area contributed by atoms with Gasteiger partial charge in [0.25, 0.3) is 0 Å². The summed E-state index contributed by atoms with van der Waals surface area (Å²) in [6.45, 7) is 2.21. The molecule has 3 N–H and O–H groups in total. The second-order valence-electron chi connectivity index (χ2n) is 2.62. The van der Waals surface area contributed by atoms with E-state index in [1.165, 1.54) is 4.90 Å². The van der Waals surface area contributed by atoms with Crippen molar-refractivity contribution < 1.29 is 9.90 Å². The molecule has 0 atom stereocenters. The van der Waals surface area contributed by atoms with E-state index in [2.05, 4.69) is 0 Å². The smallest absolute Gasteiger partial charge is 0.411 e. The van der Waals surface area contributed by atoms with E-state index in [0.29, 0.717) is 17.9 Å². The van der Waals surface area contributed by atoms with Gasteiger partial charge in [-0.05, 0) is 31.2 Å². The Kier molecular flexibility index (Phi) is 2.74. The lowest BCUT2D eigenvalue weighted by atomic mass is 10.2. The molecule has 1 rings (SSSR count). The highest BCUT2D eigenvalue weighted by Crippen LogP contribution is 2.15. The zero-order valence-corrected chi connectivity index (χ0v) is 7.40. The zero-order chi connectivity index (χ0) is 9.84. The lowest BCUT2D eigenvalue weighted by molar-refractivity contribution is 0.202. The van der Waals surface area contributed by atoms with Crippen LogP contribution in [-0.2, 0) is 0 Å². The van der Waals surface area contributed by atoms with Gasteiger partial charge < -0.3 is 10.8 Å². The van der Waals surface area contributed by atoms with Crippen LogP contribution >= 0.6 is 0 Å². The number of anilines is 2. The van der Waals surface area contributed by atoms with Crippen molar-refractivity contribution in [1.29, 1.82) is 0 Å². The SMILES string of the molecule is CCN(C(=O)O)c1ccc(N)cc1. The summed E-state index contributed by atoms with van der Waals surface area (Å²) in [6, 6.07) is 6.74. The van der Waals surface area contributed by atoms with Gasteiger partial charge in [-0.25, -0.2) is 4.79 Å². The largest absolute Gasteiger partial charge is 0.465 e. The molecule has 4 nitrogen and oxygen atoms in total. The number of nitrogen functional groups attached to an aromatic ring is 1. The zero-order valence-electron chi connectivity index (χ0n) is 7.40. The number of amides is 1. The first-order valence-electron chi connectivity index (χ1n) is 4.01. The van der Waals surface area contributed by atoms with Crippen LogP contribution in [0.5, 0.6) is 0 Å². The van der Waals surface area contributed by atoms with Crippen molar-refractivity contribution in [2.45, 2.75) is 6.92 Å². The number of hydrogen-bond acceptors (Lipinski definition) is 2. The van der Waals surface area contributed by atoms with Crippen LogP contribution < -0.4 is 10.6 Å². The molecule has 0 aliphatic carbocycles. The van der Waals surface area contributed by atoms with E-state index in [1.54, 1.807) is 31.2 Å². The Bertz CT molecular complexity index is 295. The number of nitrogens with zero attached hydrogens (tertiary/aromatic N) is 1. The molecular formula is C9H12N2O2. The normalized spacial score (nSPS) is 9.62. The van der Waals surface area contributed by atoms with Crippen molar-refractivity contribution in [3.63, 3.8) is 0 Å². The number of benzene rings is 1. The van der Waals surface area contributed by atoms with Crippen LogP contribution in [0.2, 0.25) is 0 Å². The van der Waals surface area contributed by atoms with Crippen LogP contribution in [0.15, 0.2) is 24.3 Å². The van der Waals surface area contributed by atoms with E-state index in [4.69, 9.17) is 10.8 Å². The summed E-state index contributed by atoms with van der Waals surface area (Å²) in [5.74, 6) is 0. The van der Waals surface area contributed by atoms with Gasteiger partial charge in [0, 0.05) is 17.9 Å². The van der Waals surface area contributed by atoms with Crippen LogP contribution in [0.4, 0.5) is 16.2 Å². The topological polar surface area (TPSA) is 66.6 Å². The van der Waals surface area contributed by atoms with Gasteiger partial charge >= 0.3 is 6.09 Å². The maximum absolute atomic E-state index is 10.7. The van der Waals surface area contributed by atoms with E-state index in [9.17, 15) is 4.79 Å². The molecule has 0 fully saturated rings. The summed E-state index contributed by atoms with van der Waals surface area (Å²) < 4.78 is 0. The fourth-order valence-electron chi connectivity index (χ4n) is 1.08. The number of rotatable bonds is 2. The third-order valence-electron chi connectivity index (χ3n) is 1.75. The van der Waals surface area contributed by atoms with Gasteiger partial charge in [0.2, 0.25) is 0 Å². The quantitative estimate of drug-likeness (QED) is 0.681. The Hall–Kier alpha value is -1.71. The molecule has 0 spiro atoms. The maximum atomic E-state index is 10.7. The van der Waals surface area contributed by atoms with Crippen LogP contribution in [0.3, 0.4) is 0 Å². The molecule has 0 aromatic heterocycles. The van der Waals surface area contributed by atoms with E-state index >= 15 is 0 Å². The summed E-state index contributed by atoms with van der Waals surface area (Å²) in [7, 11) is 0. The van der Waals surface area contributed by atoms with Gasteiger partial charge in [-0.3, -0.25) is 4.90 Å².